The average Bonchev–Trinajstić information content (AvgIpc) is 2.14. The van der Waals surface area contributed by atoms with Crippen LogP contribution in [-0.4, -0.2) is 11.4 Å². The molecular formula is C12H13FN2O. The van der Waals surface area contributed by atoms with E-state index in [1.165, 1.54) is 12.1 Å². The molecule has 1 amide bonds. The standard InChI is InChI=1S/C12H13FN2O/c1-12(2,3)15-11(16)9-5-4-8(7-14)6-10(9)13/h4-6H,1-3H3,(H,15,16). The fraction of sp³-hybridized carbons (Fsp3) is 0.333. The van der Waals surface area contributed by atoms with E-state index in [1.54, 1.807) is 0 Å². The van der Waals surface area contributed by atoms with Gasteiger partial charge in [-0.1, -0.05) is 0 Å². The Morgan fingerprint density at radius 2 is 2.06 bits per heavy atom. The van der Waals surface area contributed by atoms with Gasteiger partial charge in [-0.3, -0.25) is 4.79 Å². The van der Waals surface area contributed by atoms with Crippen molar-refractivity contribution in [1.82, 2.24) is 5.32 Å². The van der Waals surface area contributed by atoms with Gasteiger partial charge >= 0.3 is 0 Å². The average molecular weight is 220 g/mol. The predicted octanol–water partition coefficient (Wildman–Crippen LogP) is 2.23. The lowest BCUT2D eigenvalue weighted by molar-refractivity contribution is 0.0915. The van der Waals surface area contributed by atoms with Gasteiger partial charge in [-0.2, -0.15) is 5.26 Å². The molecule has 0 fully saturated rings. The number of hydrogen-bond acceptors (Lipinski definition) is 2. The normalized spacial score (nSPS) is 10.7. The van der Waals surface area contributed by atoms with Crippen molar-refractivity contribution >= 4 is 5.91 Å². The summed E-state index contributed by atoms with van der Waals surface area (Å²) in [6.45, 7) is 5.44. The number of benzene rings is 1. The van der Waals surface area contributed by atoms with Crippen LogP contribution in [0.25, 0.3) is 0 Å². The van der Waals surface area contributed by atoms with Crippen LogP contribution < -0.4 is 5.32 Å². The minimum absolute atomic E-state index is 0.0473. The molecule has 1 N–H and O–H groups in total. The molecule has 0 bridgehead atoms. The molecule has 0 radical (unpaired) electrons. The van der Waals surface area contributed by atoms with E-state index in [0.29, 0.717) is 0 Å². The molecule has 4 heteroatoms. The van der Waals surface area contributed by atoms with E-state index < -0.39 is 17.3 Å². The highest BCUT2D eigenvalue weighted by Crippen LogP contribution is 2.11. The van der Waals surface area contributed by atoms with Crippen LogP contribution in [0.3, 0.4) is 0 Å². The van der Waals surface area contributed by atoms with E-state index >= 15 is 0 Å². The molecule has 1 aromatic rings. The number of carbonyl (C=O) groups is 1. The zero-order chi connectivity index (χ0) is 12.3. The first-order valence-electron chi connectivity index (χ1n) is 4.85. The van der Waals surface area contributed by atoms with Crippen molar-refractivity contribution in [3.63, 3.8) is 0 Å². The second-order valence-electron chi connectivity index (χ2n) is 4.51. The van der Waals surface area contributed by atoms with Gasteiger partial charge in [0.05, 0.1) is 17.2 Å². The van der Waals surface area contributed by atoms with Gasteiger partial charge in [0.2, 0.25) is 0 Å². The molecule has 0 aliphatic heterocycles. The van der Waals surface area contributed by atoms with Crippen LogP contribution in [0.2, 0.25) is 0 Å². The third-order valence-corrected chi connectivity index (χ3v) is 1.83. The molecule has 0 aliphatic rings. The van der Waals surface area contributed by atoms with Gasteiger partial charge in [-0.05, 0) is 39.0 Å². The molecular weight excluding hydrogens is 207 g/mol. The van der Waals surface area contributed by atoms with E-state index in [0.717, 1.165) is 6.07 Å². The van der Waals surface area contributed by atoms with Crippen molar-refractivity contribution in [2.45, 2.75) is 26.3 Å². The van der Waals surface area contributed by atoms with Crippen molar-refractivity contribution < 1.29 is 9.18 Å². The van der Waals surface area contributed by atoms with Gasteiger partial charge in [0, 0.05) is 5.54 Å². The summed E-state index contributed by atoms with van der Waals surface area (Å²) in [6.07, 6.45) is 0. The van der Waals surface area contributed by atoms with Crippen LogP contribution in [-0.2, 0) is 0 Å². The topological polar surface area (TPSA) is 52.9 Å². The van der Waals surface area contributed by atoms with E-state index in [4.69, 9.17) is 5.26 Å². The lowest BCUT2D eigenvalue weighted by Crippen LogP contribution is -2.40. The quantitative estimate of drug-likeness (QED) is 0.789. The maximum Gasteiger partial charge on any atom is 0.254 e. The van der Waals surface area contributed by atoms with Crippen LogP contribution in [0.15, 0.2) is 18.2 Å². The highest BCUT2D eigenvalue weighted by Gasteiger charge is 2.18. The van der Waals surface area contributed by atoms with Gasteiger partial charge in [-0.25, -0.2) is 4.39 Å². The molecule has 0 atom stereocenters. The molecule has 0 aromatic heterocycles. The minimum atomic E-state index is -0.680. The Balaban J connectivity index is 2.98. The molecule has 0 heterocycles. The molecule has 0 aliphatic carbocycles. The number of nitriles is 1. The first kappa shape index (κ1) is 12.2. The Bertz CT molecular complexity index is 455. The second kappa shape index (κ2) is 4.31. The van der Waals surface area contributed by atoms with Crippen molar-refractivity contribution in [3.8, 4) is 6.07 Å². The maximum atomic E-state index is 13.5. The second-order valence-corrected chi connectivity index (χ2v) is 4.51. The Morgan fingerprint density at radius 1 is 1.44 bits per heavy atom. The number of halogens is 1. The van der Waals surface area contributed by atoms with Gasteiger partial charge in [-0.15, -0.1) is 0 Å². The molecule has 1 aromatic carbocycles. The summed E-state index contributed by atoms with van der Waals surface area (Å²) >= 11 is 0. The molecule has 84 valence electrons. The summed E-state index contributed by atoms with van der Waals surface area (Å²) in [4.78, 5) is 11.6. The number of rotatable bonds is 1. The summed E-state index contributed by atoms with van der Waals surface area (Å²) in [5.74, 6) is -1.16. The lowest BCUT2D eigenvalue weighted by atomic mass is 10.1. The van der Waals surface area contributed by atoms with Crippen molar-refractivity contribution in [1.29, 1.82) is 5.26 Å². The zero-order valence-electron chi connectivity index (χ0n) is 9.47. The smallest absolute Gasteiger partial charge is 0.254 e. The molecule has 16 heavy (non-hydrogen) atoms. The van der Waals surface area contributed by atoms with E-state index in [1.807, 2.05) is 26.8 Å². The number of carbonyl (C=O) groups excluding carboxylic acids is 1. The number of nitrogens with zero attached hydrogens (tertiary/aromatic N) is 1. The lowest BCUT2D eigenvalue weighted by Gasteiger charge is -2.20. The summed E-state index contributed by atoms with van der Waals surface area (Å²) in [5, 5.41) is 11.2. The Morgan fingerprint density at radius 3 is 2.50 bits per heavy atom. The van der Waals surface area contributed by atoms with Crippen LogP contribution in [0, 0.1) is 17.1 Å². The van der Waals surface area contributed by atoms with E-state index in [2.05, 4.69) is 5.32 Å². The number of amides is 1. The molecule has 0 spiro atoms. The fourth-order valence-electron chi connectivity index (χ4n) is 1.18. The summed E-state index contributed by atoms with van der Waals surface area (Å²) in [5.41, 5.74) is -0.268. The third kappa shape index (κ3) is 3.06. The van der Waals surface area contributed by atoms with Crippen molar-refractivity contribution in [2.75, 3.05) is 0 Å². The maximum absolute atomic E-state index is 13.5. The Hall–Kier alpha value is -1.89. The first-order chi connectivity index (χ1) is 7.33. The van der Waals surface area contributed by atoms with Crippen LogP contribution >= 0.6 is 0 Å². The van der Waals surface area contributed by atoms with Gasteiger partial charge in [0.25, 0.3) is 5.91 Å². The Kier molecular flexibility index (Phi) is 3.28. The summed E-state index contributed by atoms with van der Waals surface area (Å²) in [6, 6.07) is 5.60. The van der Waals surface area contributed by atoms with Crippen molar-refractivity contribution in [2.24, 2.45) is 0 Å². The number of hydrogen-bond donors (Lipinski definition) is 1. The predicted molar refractivity (Wildman–Crippen MR) is 58.3 cm³/mol. The van der Waals surface area contributed by atoms with Gasteiger partial charge in [0.1, 0.15) is 5.82 Å². The van der Waals surface area contributed by atoms with E-state index in [-0.39, 0.29) is 11.1 Å². The fourth-order valence-corrected chi connectivity index (χ4v) is 1.18. The monoisotopic (exact) mass is 220 g/mol. The molecule has 0 unspecified atom stereocenters. The van der Waals surface area contributed by atoms with Gasteiger partial charge < -0.3 is 5.32 Å². The van der Waals surface area contributed by atoms with E-state index in [9.17, 15) is 9.18 Å². The summed E-state index contributed by atoms with van der Waals surface area (Å²) < 4.78 is 13.5. The highest BCUT2D eigenvalue weighted by atomic mass is 19.1. The molecule has 0 saturated carbocycles. The van der Waals surface area contributed by atoms with Crippen LogP contribution in [0.5, 0.6) is 0 Å². The molecule has 0 saturated heterocycles. The van der Waals surface area contributed by atoms with Gasteiger partial charge in [0.15, 0.2) is 0 Å². The molecule has 3 nitrogen and oxygen atoms in total. The third-order valence-electron chi connectivity index (χ3n) is 1.83. The highest BCUT2D eigenvalue weighted by molar-refractivity contribution is 5.95. The SMILES string of the molecule is CC(C)(C)NC(=O)c1ccc(C#N)cc1F. The van der Waals surface area contributed by atoms with Crippen LogP contribution in [0.4, 0.5) is 4.39 Å². The zero-order valence-corrected chi connectivity index (χ0v) is 9.47. The largest absolute Gasteiger partial charge is 0.347 e. The minimum Gasteiger partial charge on any atom is -0.347 e. The number of nitrogens with one attached hydrogen (secondary N) is 1. The molecule has 1 rings (SSSR count). The Labute approximate surface area is 93.9 Å². The van der Waals surface area contributed by atoms with Crippen molar-refractivity contribution in [3.05, 3.63) is 35.1 Å². The van der Waals surface area contributed by atoms with Crippen LogP contribution in [0.1, 0.15) is 36.7 Å². The summed E-state index contributed by atoms with van der Waals surface area (Å²) in [7, 11) is 0. The first-order valence-corrected chi connectivity index (χ1v) is 4.85.